The fourth-order valence-electron chi connectivity index (χ4n) is 4.64. The quantitative estimate of drug-likeness (QED) is 0.667. The first-order chi connectivity index (χ1) is 14.7. The lowest BCUT2D eigenvalue weighted by Crippen LogP contribution is -2.48. The predicted molar refractivity (Wildman–Crippen MR) is 121 cm³/mol. The molecule has 2 aliphatic rings. The molecule has 156 valence electrons. The summed E-state index contributed by atoms with van der Waals surface area (Å²) in [6, 6.07) is 15.3. The third-order valence-corrected chi connectivity index (χ3v) is 6.28. The van der Waals surface area contributed by atoms with Crippen LogP contribution in [0.1, 0.15) is 17.2 Å². The molecular formula is C24H29N5O. The van der Waals surface area contributed by atoms with E-state index >= 15 is 0 Å². The number of rotatable bonds is 4. The molecule has 1 atom stereocenters. The summed E-state index contributed by atoms with van der Waals surface area (Å²) in [5, 5.41) is 1.11. The Labute approximate surface area is 178 Å². The number of benzene rings is 2. The maximum atomic E-state index is 6.13. The summed E-state index contributed by atoms with van der Waals surface area (Å²) in [5.41, 5.74) is 5.06. The Kier molecular flexibility index (Phi) is 5.27. The van der Waals surface area contributed by atoms with Crippen LogP contribution in [-0.2, 0) is 11.2 Å². The summed E-state index contributed by atoms with van der Waals surface area (Å²) in [6.45, 7) is 5.93. The first-order valence-corrected chi connectivity index (χ1v) is 10.8. The molecule has 6 nitrogen and oxygen atoms in total. The van der Waals surface area contributed by atoms with Crippen molar-refractivity contribution in [1.29, 1.82) is 0 Å². The van der Waals surface area contributed by atoms with E-state index in [1.54, 1.807) is 6.33 Å². The van der Waals surface area contributed by atoms with Gasteiger partial charge in [-0.05, 0) is 35.7 Å². The van der Waals surface area contributed by atoms with E-state index in [0.29, 0.717) is 0 Å². The lowest BCUT2D eigenvalue weighted by atomic mass is 9.97. The highest BCUT2D eigenvalue weighted by atomic mass is 16.5. The Morgan fingerprint density at radius 1 is 1.03 bits per heavy atom. The van der Waals surface area contributed by atoms with Crippen LogP contribution in [0, 0.1) is 0 Å². The molecule has 0 amide bonds. The fourth-order valence-corrected chi connectivity index (χ4v) is 4.64. The van der Waals surface area contributed by atoms with E-state index in [2.05, 4.69) is 62.2 Å². The molecule has 5 rings (SSSR count). The Bertz CT molecular complexity index is 1030. The van der Waals surface area contributed by atoms with Crippen LogP contribution in [0.2, 0.25) is 0 Å². The average Bonchev–Trinajstić information content (AvgIpc) is 2.79. The van der Waals surface area contributed by atoms with Gasteiger partial charge in [-0.15, -0.1) is 0 Å². The van der Waals surface area contributed by atoms with Crippen molar-refractivity contribution in [3.8, 4) is 0 Å². The van der Waals surface area contributed by atoms with Crippen molar-refractivity contribution < 1.29 is 4.74 Å². The molecule has 0 radical (unpaired) electrons. The molecule has 1 saturated heterocycles. The van der Waals surface area contributed by atoms with Crippen LogP contribution in [0.3, 0.4) is 0 Å². The van der Waals surface area contributed by atoms with Gasteiger partial charge in [0, 0.05) is 57.9 Å². The molecule has 1 aromatic heterocycles. The van der Waals surface area contributed by atoms with Crippen molar-refractivity contribution in [2.75, 3.05) is 63.2 Å². The third kappa shape index (κ3) is 3.73. The van der Waals surface area contributed by atoms with E-state index in [-0.39, 0.29) is 6.10 Å². The maximum Gasteiger partial charge on any atom is 0.139 e. The van der Waals surface area contributed by atoms with Gasteiger partial charge in [-0.2, -0.15) is 0 Å². The summed E-state index contributed by atoms with van der Waals surface area (Å²) in [7, 11) is 4.05. The van der Waals surface area contributed by atoms with E-state index < -0.39 is 0 Å². The van der Waals surface area contributed by atoms with E-state index in [4.69, 9.17) is 4.74 Å². The largest absolute Gasteiger partial charge is 0.372 e. The maximum absolute atomic E-state index is 6.13. The molecule has 1 fully saturated rings. The van der Waals surface area contributed by atoms with Gasteiger partial charge >= 0.3 is 0 Å². The second kappa shape index (κ2) is 8.20. The standard InChI is InChI=1S/C24H29N5O/c1-27(2)24-21-15-19(7-8-22(21)25-17-26-24)29-12-10-28(11-13-29)16-23-20-6-4-3-5-18(20)9-14-30-23/h3-8,15,17,23H,9-14,16H2,1-2H3. The Balaban J connectivity index is 1.27. The van der Waals surface area contributed by atoms with Gasteiger partial charge in [0.05, 0.1) is 18.2 Å². The zero-order valence-electron chi connectivity index (χ0n) is 17.8. The van der Waals surface area contributed by atoms with Gasteiger partial charge in [0.15, 0.2) is 0 Å². The molecule has 30 heavy (non-hydrogen) atoms. The van der Waals surface area contributed by atoms with E-state index in [1.165, 1.54) is 16.8 Å². The van der Waals surface area contributed by atoms with Gasteiger partial charge < -0.3 is 14.5 Å². The van der Waals surface area contributed by atoms with Crippen LogP contribution >= 0.6 is 0 Å². The van der Waals surface area contributed by atoms with Gasteiger partial charge in [-0.25, -0.2) is 9.97 Å². The van der Waals surface area contributed by atoms with Crippen molar-refractivity contribution in [2.45, 2.75) is 12.5 Å². The van der Waals surface area contributed by atoms with Crippen LogP contribution in [0.25, 0.3) is 10.9 Å². The van der Waals surface area contributed by atoms with Gasteiger partial charge in [0.25, 0.3) is 0 Å². The molecule has 2 aliphatic heterocycles. The van der Waals surface area contributed by atoms with Gasteiger partial charge in [0.1, 0.15) is 12.1 Å². The molecule has 0 aliphatic carbocycles. The highest BCUT2D eigenvalue weighted by molar-refractivity contribution is 5.91. The highest BCUT2D eigenvalue weighted by Crippen LogP contribution is 2.30. The molecule has 0 bridgehead atoms. The zero-order chi connectivity index (χ0) is 20.5. The van der Waals surface area contributed by atoms with Gasteiger partial charge in [-0.1, -0.05) is 24.3 Å². The Morgan fingerprint density at radius 3 is 2.70 bits per heavy atom. The topological polar surface area (TPSA) is 44.7 Å². The summed E-state index contributed by atoms with van der Waals surface area (Å²) in [5.74, 6) is 0.966. The zero-order valence-corrected chi connectivity index (χ0v) is 17.8. The number of piperazine rings is 1. The monoisotopic (exact) mass is 403 g/mol. The lowest BCUT2D eigenvalue weighted by molar-refractivity contribution is 0.0148. The minimum Gasteiger partial charge on any atom is -0.372 e. The minimum atomic E-state index is 0.196. The van der Waals surface area contributed by atoms with E-state index in [9.17, 15) is 0 Å². The van der Waals surface area contributed by atoms with E-state index in [1.807, 2.05) is 19.0 Å². The third-order valence-electron chi connectivity index (χ3n) is 6.28. The summed E-state index contributed by atoms with van der Waals surface area (Å²) in [6.07, 6.45) is 2.87. The summed E-state index contributed by atoms with van der Waals surface area (Å²) < 4.78 is 6.13. The summed E-state index contributed by atoms with van der Waals surface area (Å²) in [4.78, 5) is 15.9. The van der Waals surface area contributed by atoms with Crippen molar-refractivity contribution in [1.82, 2.24) is 14.9 Å². The molecule has 1 unspecified atom stereocenters. The smallest absolute Gasteiger partial charge is 0.139 e. The predicted octanol–water partition coefficient (Wildman–Crippen LogP) is 3.13. The second-order valence-electron chi connectivity index (χ2n) is 8.39. The highest BCUT2D eigenvalue weighted by Gasteiger charge is 2.25. The van der Waals surface area contributed by atoms with Crippen LogP contribution in [-0.4, -0.2) is 68.3 Å². The van der Waals surface area contributed by atoms with Crippen LogP contribution in [0.5, 0.6) is 0 Å². The minimum absolute atomic E-state index is 0.196. The molecule has 0 saturated carbocycles. The number of anilines is 2. The number of hydrogen-bond donors (Lipinski definition) is 0. The molecule has 3 heterocycles. The SMILES string of the molecule is CN(C)c1ncnc2ccc(N3CCN(CC4OCCc5ccccc54)CC3)cc12. The Hall–Kier alpha value is -2.70. The Morgan fingerprint density at radius 2 is 1.87 bits per heavy atom. The van der Waals surface area contributed by atoms with E-state index in [0.717, 1.165) is 62.5 Å². The van der Waals surface area contributed by atoms with Crippen LogP contribution < -0.4 is 9.80 Å². The van der Waals surface area contributed by atoms with Crippen molar-refractivity contribution in [2.24, 2.45) is 0 Å². The fraction of sp³-hybridized carbons (Fsp3) is 0.417. The van der Waals surface area contributed by atoms with Crippen LogP contribution in [0.15, 0.2) is 48.8 Å². The number of aromatic nitrogens is 2. The molecule has 6 heteroatoms. The van der Waals surface area contributed by atoms with Crippen molar-refractivity contribution >= 4 is 22.4 Å². The number of hydrogen-bond acceptors (Lipinski definition) is 6. The molecular weight excluding hydrogens is 374 g/mol. The number of fused-ring (bicyclic) bond motifs is 2. The molecule has 0 spiro atoms. The first kappa shape index (κ1) is 19.3. The molecule has 2 aromatic carbocycles. The lowest BCUT2D eigenvalue weighted by Gasteiger charge is -2.38. The second-order valence-corrected chi connectivity index (χ2v) is 8.39. The average molecular weight is 404 g/mol. The molecule has 0 N–H and O–H groups in total. The van der Waals surface area contributed by atoms with Crippen molar-refractivity contribution in [3.63, 3.8) is 0 Å². The van der Waals surface area contributed by atoms with Crippen molar-refractivity contribution in [3.05, 3.63) is 59.9 Å². The van der Waals surface area contributed by atoms with Gasteiger partial charge in [-0.3, -0.25) is 4.90 Å². The number of ether oxygens (including phenoxy) is 1. The normalized spacial score (nSPS) is 19.7. The van der Waals surface area contributed by atoms with Crippen LogP contribution in [0.4, 0.5) is 11.5 Å². The van der Waals surface area contributed by atoms with Gasteiger partial charge in [0.2, 0.25) is 0 Å². The number of nitrogens with zero attached hydrogens (tertiary/aromatic N) is 5. The molecule has 3 aromatic rings. The summed E-state index contributed by atoms with van der Waals surface area (Å²) >= 11 is 0. The first-order valence-electron chi connectivity index (χ1n) is 10.8.